The van der Waals surface area contributed by atoms with Gasteiger partial charge in [-0.25, -0.2) is 4.98 Å². The second-order valence-electron chi connectivity index (χ2n) is 3.42. The summed E-state index contributed by atoms with van der Waals surface area (Å²) in [6.07, 6.45) is 2.37. The van der Waals surface area contributed by atoms with Crippen molar-refractivity contribution in [3.8, 4) is 6.07 Å². The Morgan fingerprint density at radius 2 is 2.47 bits per heavy atom. The van der Waals surface area contributed by atoms with E-state index in [0.717, 1.165) is 6.42 Å². The zero-order valence-electron chi connectivity index (χ0n) is 9.84. The zero-order valence-corrected chi connectivity index (χ0v) is 10.7. The molecule has 90 valence electrons. The fourth-order valence-corrected chi connectivity index (χ4v) is 1.94. The lowest BCUT2D eigenvalue weighted by atomic mass is 10.3. The summed E-state index contributed by atoms with van der Waals surface area (Å²) in [5, 5.41) is 9.08. The van der Waals surface area contributed by atoms with Crippen molar-refractivity contribution in [1.29, 1.82) is 5.26 Å². The maximum absolute atomic E-state index is 11.5. The Kier molecular flexibility index (Phi) is 5.50. The Hall–Kier alpha value is -1.54. The van der Waals surface area contributed by atoms with E-state index in [1.807, 2.05) is 13.0 Å². The lowest BCUT2D eigenvalue weighted by molar-refractivity contribution is -0.142. The average molecular weight is 250 g/mol. The van der Waals surface area contributed by atoms with Gasteiger partial charge in [0.1, 0.15) is 5.25 Å². The minimum absolute atomic E-state index is 0.249. The molecule has 1 aromatic heterocycles. The predicted octanol–water partition coefficient (Wildman–Crippen LogP) is 2.39. The molecule has 0 amide bonds. The number of hydrogen-bond acceptors (Lipinski definition) is 5. The van der Waals surface area contributed by atoms with E-state index in [1.54, 1.807) is 25.3 Å². The van der Waals surface area contributed by atoms with Crippen LogP contribution >= 0.6 is 11.8 Å². The molecule has 1 atom stereocenters. The van der Waals surface area contributed by atoms with E-state index < -0.39 is 0 Å². The summed E-state index contributed by atoms with van der Waals surface area (Å²) in [4.78, 5) is 15.6. The molecule has 1 rings (SSSR count). The number of rotatable bonds is 5. The van der Waals surface area contributed by atoms with Gasteiger partial charge >= 0.3 is 5.97 Å². The van der Waals surface area contributed by atoms with E-state index in [1.165, 1.54) is 11.8 Å². The zero-order chi connectivity index (χ0) is 12.7. The van der Waals surface area contributed by atoms with E-state index in [0.29, 0.717) is 17.2 Å². The summed E-state index contributed by atoms with van der Waals surface area (Å²) in [6.45, 7) is 4.15. The number of nitriles is 1. The van der Waals surface area contributed by atoms with Gasteiger partial charge in [0.05, 0.1) is 23.3 Å². The third-order valence-corrected chi connectivity index (χ3v) is 2.95. The Balaban J connectivity index is 2.58. The summed E-state index contributed by atoms with van der Waals surface area (Å²) in [5.74, 6) is -0.249. The molecule has 0 aliphatic rings. The van der Waals surface area contributed by atoms with Crippen LogP contribution in [0, 0.1) is 11.3 Å². The van der Waals surface area contributed by atoms with Crippen LogP contribution in [0.3, 0.4) is 0 Å². The molecular formula is C12H14N2O2S. The van der Waals surface area contributed by atoms with Crippen molar-refractivity contribution in [2.24, 2.45) is 0 Å². The molecule has 0 saturated heterocycles. The molecule has 1 unspecified atom stereocenters. The number of nitrogens with zero attached hydrogens (tertiary/aromatic N) is 2. The van der Waals surface area contributed by atoms with E-state index in [4.69, 9.17) is 10.00 Å². The highest BCUT2D eigenvalue weighted by Crippen LogP contribution is 2.22. The molecule has 0 fully saturated rings. The summed E-state index contributed by atoms with van der Waals surface area (Å²) in [6, 6.07) is 5.32. The molecule has 1 heterocycles. The van der Waals surface area contributed by atoms with Crippen molar-refractivity contribution in [3.05, 3.63) is 23.9 Å². The van der Waals surface area contributed by atoms with Crippen molar-refractivity contribution in [1.82, 2.24) is 4.98 Å². The Morgan fingerprint density at radius 3 is 3.12 bits per heavy atom. The van der Waals surface area contributed by atoms with Gasteiger partial charge in [-0.3, -0.25) is 4.79 Å². The van der Waals surface area contributed by atoms with Crippen LogP contribution in [-0.2, 0) is 9.53 Å². The van der Waals surface area contributed by atoms with Gasteiger partial charge < -0.3 is 4.74 Å². The molecule has 17 heavy (non-hydrogen) atoms. The van der Waals surface area contributed by atoms with E-state index in [-0.39, 0.29) is 11.2 Å². The van der Waals surface area contributed by atoms with Crippen molar-refractivity contribution in [2.75, 3.05) is 6.61 Å². The van der Waals surface area contributed by atoms with Crippen molar-refractivity contribution < 1.29 is 9.53 Å². The van der Waals surface area contributed by atoms with Crippen LogP contribution in [-0.4, -0.2) is 22.8 Å². The highest BCUT2D eigenvalue weighted by atomic mass is 32.2. The molecule has 5 heteroatoms. The van der Waals surface area contributed by atoms with Gasteiger partial charge in [-0.1, -0.05) is 18.7 Å². The molecule has 0 radical (unpaired) electrons. The molecule has 4 nitrogen and oxygen atoms in total. The smallest absolute Gasteiger partial charge is 0.319 e. The fraction of sp³-hybridized carbons (Fsp3) is 0.417. The molecule has 0 saturated carbocycles. The largest absolute Gasteiger partial charge is 0.465 e. The van der Waals surface area contributed by atoms with E-state index in [9.17, 15) is 4.79 Å². The van der Waals surface area contributed by atoms with Gasteiger partial charge in [0.25, 0.3) is 0 Å². The number of hydrogen-bond donors (Lipinski definition) is 0. The first kappa shape index (κ1) is 13.5. The Bertz CT molecular complexity index is 429. The first-order chi connectivity index (χ1) is 8.17. The Morgan fingerprint density at radius 1 is 1.71 bits per heavy atom. The SMILES string of the molecule is CCCOC(=O)C(C)Sc1cc(C#N)ccn1. The van der Waals surface area contributed by atoms with Gasteiger partial charge in [0.15, 0.2) is 0 Å². The minimum Gasteiger partial charge on any atom is -0.465 e. The van der Waals surface area contributed by atoms with E-state index in [2.05, 4.69) is 4.98 Å². The van der Waals surface area contributed by atoms with Crippen LogP contribution < -0.4 is 0 Å². The highest BCUT2D eigenvalue weighted by Gasteiger charge is 2.16. The standard InChI is InChI=1S/C12H14N2O2S/c1-3-6-16-12(15)9(2)17-11-7-10(8-13)4-5-14-11/h4-5,7,9H,3,6H2,1-2H3. The number of carbonyl (C=O) groups excluding carboxylic acids is 1. The molecule has 0 N–H and O–H groups in total. The molecule has 0 bridgehead atoms. The van der Waals surface area contributed by atoms with Crippen molar-refractivity contribution in [2.45, 2.75) is 30.5 Å². The topological polar surface area (TPSA) is 63.0 Å². The highest BCUT2D eigenvalue weighted by molar-refractivity contribution is 8.00. The molecule has 0 aliphatic heterocycles. The normalized spacial score (nSPS) is 11.6. The predicted molar refractivity (Wildman–Crippen MR) is 65.5 cm³/mol. The number of thioether (sulfide) groups is 1. The maximum atomic E-state index is 11.5. The molecule has 0 aliphatic carbocycles. The monoisotopic (exact) mass is 250 g/mol. The van der Waals surface area contributed by atoms with Crippen LogP contribution in [0.25, 0.3) is 0 Å². The van der Waals surface area contributed by atoms with Crippen LogP contribution in [0.1, 0.15) is 25.8 Å². The number of ether oxygens (including phenoxy) is 1. The van der Waals surface area contributed by atoms with Gasteiger partial charge in [-0.15, -0.1) is 0 Å². The number of carbonyl (C=O) groups is 1. The third-order valence-electron chi connectivity index (χ3n) is 1.94. The van der Waals surface area contributed by atoms with Crippen LogP contribution in [0.4, 0.5) is 0 Å². The fourth-order valence-electron chi connectivity index (χ4n) is 1.09. The number of aromatic nitrogens is 1. The number of pyridine rings is 1. The number of esters is 1. The summed E-state index contributed by atoms with van der Waals surface area (Å²) >= 11 is 1.29. The molecular weight excluding hydrogens is 236 g/mol. The first-order valence-corrected chi connectivity index (χ1v) is 6.24. The second-order valence-corrected chi connectivity index (χ2v) is 4.78. The van der Waals surface area contributed by atoms with Crippen LogP contribution in [0.15, 0.2) is 23.4 Å². The summed E-state index contributed by atoms with van der Waals surface area (Å²) < 4.78 is 5.03. The van der Waals surface area contributed by atoms with Gasteiger partial charge in [0, 0.05) is 6.20 Å². The third kappa shape index (κ3) is 4.45. The lowest BCUT2D eigenvalue weighted by Crippen LogP contribution is -2.17. The second kappa shape index (κ2) is 6.92. The maximum Gasteiger partial charge on any atom is 0.319 e. The van der Waals surface area contributed by atoms with Crippen molar-refractivity contribution in [3.63, 3.8) is 0 Å². The van der Waals surface area contributed by atoms with E-state index >= 15 is 0 Å². The van der Waals surface area contributed by atoms with Crippen LogP contribution in [0.5, 0.6) is 0 Å². The van der Waals surface area contributed by atoms with Gasteiger partial charge in [-0.05, 0) is 25.5 Å². The molecule has 0 spiro atoms. The van der Waals surface area contributed by atoms with Crippen LogP contribution in [0.2, 0.25) is 0 Å². The lowest BCUT2D eigenvalue weighted by Gasteiger charge is -2.09. The molecule has 1 aromatic rings. The minimum atomic E-state index is -0.317. The average Bonchev–Trinajstić information content (AvgIpc) is 2.36. The quantitative estimate of drug-likeness (QED) is 0.593. The molecule has 0 aromatic carbocycles. The first-order valence-electron chi connectivity index (χ1n) is 5.36. The summed E-state index contributed by atoms with van der Waals surface area (Å²) in [7, 11) is 0. The van der Waals surface area contributed by atoms with Crippen molar-refractivity contribution >= 4 is 17.7 Å². The van der Waals surface area contributed by atoms with Gasteiger partial charge in [0.2, 0.25) is 0 Å². The Labute approximate surface area is 105 Å². The van der Waals surface area contributed by atoms with Gasteiger partial charge in [-0.2, -0.15) is 5.26 Å². The summed E-state index contributed by atoms with van der Waals surface area (Å²) in [5.41, 5.74) is 0.539.